The molecular formula is C18H19ClF3N3O. The highest BCUT2D eigenvalue weighted by Gasteiger charge is 2.33. The maximum Gasteiger partial charge on any atom is 0.417 e. The standard InChI is InChI=1S/C18H19ClF3N3O/c1-3-4-9-25(2)13-7-8-23-16(11-13)17(26)24-12-5-6-15(19)14(10-12)18(20,21)22/h5-8,10-11H,3-4,9H2,1-2H3,(H,24,26). The van der Waals surface area contributed by atoms with E-state index in [4.69, 9.17) is 11.6 Å². The van der Waals surface area contributed by atoms with Crippen molar-refractivity contribution in [2.45, 2.75) is 25.9 Å². The second kappa shape index (κ2) is 8.40. The van der Waals surface area contributed by atoms with Crippen LogP contribution in [0.5, 0.6) is 0 Å². The van der Waals surface area contributed by atoms with Crippen molar-refractivity contribution < 1.29 is 18.0 Å². The molecule has 0 unspecified atom stereocenters. The van der Waals surface area contributed by atoms with Crippen LogP contribution in [-0.2, 0) is 6.18 Å². The molecule has 0 saturated carbocycles. The van der Waals surface area contributed by atoms with Crippen LogP contribution < -0.4 is 10.2 Å². The maximum atomic E-state index is 12.9. The van der Waals surface area contributed by atoms with Crippen LogP contribution >= 0.6 is 11.6 Å². The number of alkyl halides is 3. The predicted octanol–water partition coefficient (Wildman–Crippen LogP) is 5.24. The van der Waals surface area contributed by atoms with Crippen LogP contribution in [0.25, 0.3) is 0 Å². The van der Waals surface area contributed by atoms with Gasteiger partial charge in [-0.25, -0.2) is 0 Å². The second-order valence-corrected chi connectivity index (χ2v) is 6.23. The lowest BCUT2D eigenvalue weighted by atomic mass is 10.2. The number of aromatic nitrogens is 1. The average Bonchev–Trinajstić information content (AvgIpc) is 2.60. The van der Waals surface area contributed by atoms with Crippen molar-refractivity contribution in [1.82, 2.24) is 4.98 Å². The van der Waals surface area contributed by atoms with Crippen LogP contribution in [0, 0.1) is 0 Å². The van der Waals surface area contributed by atoms with Gasteiger partial charge in [0.15, 0.2) is 0 Å². The van der Waals surface area contributed by atoms with E-state index in [0.717, 1.165) is 37.2 Å². The monoisotopic (exact) mass is 385 g/mol. The lowest BCUT2D eigenvalue weighted by molar-refractivity contribution is -0.137. The third kappa shape index (κ3) is 5.11. The number of pyridine rings is 1. The highest BCUT2D eigenvalue weighted by Crippen LogP contribution is 2.36. The summed E-state index contributed by atoms with van der Waals surface area (Å²) >= 11 is 5.58. The molecule has 0 aliphatic heterocycles. The summed E-state index contributed by atoms with van der Waals surface area (Å²) in [6.07, 6.45) is -1.06. The molecule has 140 valence electrons. The molecule has 2 rings (SSSR count). The molecule has 0 atom stereocenters. The van der Waals surface area contributed by atoms with Crippen LogP contribution in [0.1, 0.15) is 35.8 Å². The minimum absolute atomic E-state index is 0.00161. The zero-order valence-electron chi connectivity index (χ0n) is 14.4. The van der Waals surface area contributed by atoms with E-state index in [1.165, 1.54) is 12.3 Å². The molecule has 4 nitrogen and oxygen atoms in total. The van der Waals surface area contributed by atoms with Gasteiger partial charge in [-0.15, -0.1) is 0 Å². The van der Waals surface area contributed by atoms with Gasteiger partial charge in [-0.05, 0) is 36.8 Å². The van der Waals surface area contributed by atoms with Crippen molar-refractivity contribution in [2.75, 3.05) is 23.8 Å². The van der Waals surface area contributed by atoms with Crippen molar-refractivity contribution in [2.24, 2.45) is 0 Å². The van der Waals surface area contributed by atoms with E-state index in [-0.39, 0.29) is 11.4 Å². The first-order chi connectivity index (χ1) is 12.2. The number of hydrogen-bond acceptors (Lipinski definition) is 3. The number of carbonyl (C=O) groups excluding carboxylic acids is 1. The summed E-state index contributed by atoms with van der Waals surface area (Å²) in [4.78, 5) is 18.3. The van der Waals surface area contributed by atoms with Crippen molar-refractivity contribution in [3.63, 3.8) is 0 Å². The third-order valence-electron chi connectivity index (χ3n) is 3.79. The molecule has 0 radical (unpaired) electrons. The number of nitrogens with zero attached hydrogens (tertiary/aromatic N) is 2. The molecule has 1 aromatic heterocycles. The molecular weight excluding hydrogens is 367 g/mol. The quantitative estimate of drug-likeness (QED) is 0.739. The van der Waals surface area contributed by atoms with E-state index in [1.807, 2.05) is 11.9 Å². The number of amides is 1. The van der Waals surface area contributed by atoms with E-state index in [1.54, 1.807) is 12.1 Å². The Morgan fingerprint density at radius 1 is 1.27 bits per heavy atom. The number of benzene rings is 1. The van der Waals surface area contributed by atoms with Crippen molar-refractivity contribution >= 4 is 28.9 Å². The lowest BCUT2D eigenvalue weighted by Gasteiger charge is -2.19. The van der Waals surface area contributed by atoms with Gasteiger partial charge < -0.3 is 10.2 Å². The van der Waals surface area contributed by atoms with E-state index >= 15 is 0 Å². The predicted molar refractivity (Wildman–Crippen MR) is 96.8 cm³/mol. The van der Waals surface area contributed by atoms with Gasteiger partial charge in [0.1, 0.15) is 5.69 Å². The molecule has 0 bridgehead atoms. The molecule has 0 saturated heterocycles. The van der Waals surface area contributed by atoms with Gasteiger partial charge in [-0.1, -0.05) is 24.9 Å². The SMILES string of the molecule is CCCCN(C)c1ccnc(C(=O)Nc2ccc(Cl)c(C(F)(F)F)c2)c1. The van der Waals surface area contributed by atoms with E-state index in [9.17, 15) is 18.0 Å². The first-order valence-corrected chi connectivity index (χ1v) is 8.45. The van der Waals surface area contributed by atoms with Gasteiger partial charge >= 0.3 is 6.18 Å². The number of anilines is 2. The van der Waals surface area contributed by atoms with Gasteiger partial charge in [0.25, 0.3) is 5.91 Å². The fourth-order valence-electron chi connectivity index (χ4n) is 2.32. The molecule has 2 aromatic rings. The third-order valence-corrected chi connectivity index (χ3v) is 4.12. The van der Waals surface area contributed by atoms with Crippen molar-refractivity contribution in [1.29, 1.82) is 0 Å². The molecule has 0 aliphatic rings. The summed E-state index contributed by atoms with van der Waals surface area (Å²) in [6.45, 7) is 2.91. The Morgan fingerprint density at radius 2 is 2.00 bits per heavy atom. The summed E-state index contributed by atoms with van der Waals surface area (Å²) in [5, 5.41) is 2.01. The zero-order valence-corrected chi connectivity index (χ0v) is 15.2. The number of rotatable bonds is 6. The van der Waals surface area contributed by atoms with Crippen molar-refractivity contribution in [3.8, 4) is 0 Å². The average molecular weight is 386 g/mol. The number of halogens is 4. The minimum Gasteiger partial charge on any atom is -0.374 e. The van der Waals surface area contributed by atoms with E-state index in [0.29, 0.717) is 0 Å². The number of nitrogens with one attached hydrogen (secondary N) is 1. The van der Waals surface area contributed by atoms with Crippen LogP contribution in [0.4, 0.5) is 24.5 Å². The number of unbranched alkanes of at least 4 members (excludes halogenated alkanes) is 1. The molecule has 1 heterocycles. The molecule has 1 N–H and O–H groups in total. The van der Waals surface area contributed by atoms with Gasteiger partial charge in [-0.3, -0.25) is 9.78 Å². The van der Waals surface area contributed by atoms with Crippen LogP contribution in [-0.4, -0.2) is 24.5 Å². The molecule has 26 heavy (non-hydrogen) atoms. The highest BCUT2D eigenvalue weighted by molar-refractivity contribution is 6.31. The van der Waals surface area contributed by atoms with Crippen LogP contribution in [0.15, 0.2) is 36.5 Å². The van der Waals surface area contributed by atoms with Gasteiger partial charge in [0.05, 0.1) is 10.6 Å². The topological polar surface area (TPSA) is 45.2 Å². The first kappa shape index (κ1) is 20.0. The number of hydrogen-bond donors (Lipinski definition) is 1. The molecule has 1 aromatic carbocycles. The van der Waals surface area contributed by atoms with Crippen molar-refractivity contribution in [3.05, 3.63) is 52.8 Å². The van der Waals surface area contributed by atoms with Gasteiger partial charge in [0.2, 0.25) is 0 Å². The largest absolute Gasteiger partial charge is 0.417 e. The molecule has 1 amide bonds. The van der Waals surface area contributed by atoms with E-state index < -0.39 is 22.7 Å². The summed E-state index contributed by atoms with van der Waals surface area (Å²) < 4.78 is 38.8. The minimum atomic E-state index is -4.60. The Balaban J connectivity index is 2.18. The fraction of sp³-hybridized carbons (Fsp3) is 0.333. The van der Waals surface area contributed by atoms with Crippen LogP contribution in [0.3, 0.4) is 0 Å². The van der Waals surface area contributed by atoms with E-state index in [2.05, 4.69) is 17.2 Å². The first-order valence-electron chi connectivity index (χ1n) is 8.07. The molecule has 0 aliphatic carbocycles. The normalized spacial score (nSPS) is 11.3. The Bertz CT molecular complexity index is 781. The Hall–Kier alpha value is -2.28. The zero-order chi connectivity index (χ0) is 19.3. The summed E-state index contributed by atoms with van der Waals surface area (Å²) in [5.74, 6) is -0.591. The summed E-state index contributed by atoms with van der Waals surface area (Å²) in [5.41, 5.74) is -0.0729. The number of carbonyl (C=O) groups is 1. The lowest BCUT2D eigenvalue weighted by Crippen LogP contribution is -2.20. The smallest absolute Gasteiger partial charge is 0.374 e. The molecule has 0 spiro atoms. The fourth-order valence-corrected chi connectivity index (χ4v) is 2.55. The maximum absolute atomic E-state index is 12.9. The Morgan fingerprint density at radius 3 is 2.65 bits per heavy atom. The Kier molecular flexibility index (Phi) is 6.47. The summed E-state index contributed by atoms with van der Waals surface area (Å²) in [6, 6.07) is 6.59. The summed E-state index contributed by atoms with van der Waals surface area (Å²) in [7, 11) is 1.90. The molecule has 0 fully saturated rings. The Labute approximate surface area is 155 Å². The highest BCUT2D eigenvalue weighted by atomic mass is 35.5. The van der Waals surface area contributed by atoms with Crippen LogP contribution in [0.2, 0.25) is 5.02 Å². The second-order valence-electron chi connectivity index (χ2n) is 5.82. The van der Waals surface area contributed by atoms with Gasteiger partial charge in [-0.2, -0.15) is 13.2 Å². The van der Waals surface area contributed by atoms with Gasteiger partial charge in [0, 0.05) is 31.2 Å². The molecule has 8 heteroatoms.